The number of allylic oxidation sites excluding steroid dienone is 4. The van der Waals surface area contributed by atoms with E-state index in [4.69, 9.17) is 16.6 Å². The van der Waals surface area contributed by atoms with Gasteiger partial charge in [0.05, 0.1) is 0 Å². The maximum atomic E-state index is 6.56. The third-order valence-electron chi connectivity index (χ3n) is 9.31. The fraction of sp³-hybridized carbons (Fsp3) is 0.133. The Labute approximate surface area is 282 Å². The number of rotatable bonds is 9. The summed E-state index contributed by atoms with van der Waals surface area (Å²) in [4.78, 5) is 0. The number of aryl methyl sites for hydroxylation is 1. The van der Waals surface area contributed by atoms with Crippen LogP contribution in [0.3, 0.4) is 0 Å². The molecular formula is C45H38OS. The van der Waals surface area contributed by atoms with E-state index < -0.39 is 0 Å². The molecule has 1 aromatic heterocycles. The van der Waals surface area contributed by atoms with Gasteiger partial charge < -0.3 is 4.42 Å². The van der Waals surface area contributed by atoms with Gasteiger partial charge in [0.25, 0.3) is 0 Å². The van der Waals surface area contributed by atoms with Crippen molar-refractivity contribution in [3.05, 3.63) is 149 Å². The summed E-state index contributed by atoms with van der Waals surface area (Å²) < 4.78 is 6.56. The highest BCUT2D eigenvalue weighted by atomic mass is 32.1. The summed E-state index contributed by atoms with van der Waals surface area (Å²) in [7, 11) is 0. The molecule has 47 heavy (non-hydrogen) atoms. The van der Waals surface area contributed by atoms with Crippen molar-refractivity contribution in [2.24, 2.45) is 0 Å². The Kier molecular flexibility index (Phi) is 8.70. The molecular weight excluding hydrogens is 589 g/mol. The lowest BCUT2D eigenvalue weighted by Gasteiger charge is -2.20. The number of benzene rings is 5. The van der Waals surface area contributed by atoms with Gasteiger partial charge in [-0.1, -0.05) is 141 Å². The molecule has 0 spiro atoms. The molecule has 1 nitrogen and oxygen atoms in total. The molecule has 6 aromatic rings. The first-order valence-corrected chi connectivity index (χ1v) is 17.0. The van der Waals surface area contributed by atoms with Crippen molar-refractivity contribution in [3.63, 3.8) is 0 Å². The Balaban J connectivity index is 1.56. The van der Waals surface area contributed by atoms with Crippen molar-refractivity contribution < 1.29 is 4.42 Å². The molecule has 0 N–H and O–H groups in total. The SMILES string of the molecule is C=C/C=C\Cc1c(C)ccc2oc3cccc(-c4c(C=S)c(/C=C\CC)c(-c5ccc(-c6ccccc6)cc5)c5c4=CCCC=5)c3c12. The summed E-state index contributed by atoms with van der Waals surface area (Å²) in [5, 5.41) is 6.77. The molecule has 0 atom stereocenters. The van der Waals surface area contributed by atoms with Gasteiger partial charge in [0.1, 0.15) is 11.2 Å². The highest BCUT2D eigenvalue weighted by molar-refractivity contribution is 7.79. The second-order valence-corrected chi connectivity index (χ2v) is 12.4. The highest BCUT2D eigenvalue weighted by Gasteiger charge is 2.23. The molecule has 1 aliphatic rings. The van der Waals surface area contributed by atoms with Gasteiger partial charge in [0, 0.05) is 21.7 Å². The van der Waals surface area contributed by atoms with Crippen LogP contribution in [0.5, 0.6) is 0 Å². The minimum atomic E-state index is 0.804. The smallest absolute Gasteiger partial charge is 0.136 e. The van der Waals surface area contributed by atoms with Crippen LogP contribution in [0.15, 0.2) is 120 Å². The summed E-state index contributed by atoms with van der Waals surface area (Å²) in [5.41, 5.74) is 13.8. The largest absolute Gasteiger partial charge is 0.456 e. The number of furan rings is 1. The van der Waals surface area contributed by atoms with Crippen LogP contribution in [-0.2, 0) is 6.42 Å². The molecule has 0 bridgehead atoms. The Hall–Kier alpha value is -5.05. The minimum Gasteiger partial charge on any atom is -0.456 e. The molecule has 7 rings (SSSR count). The molecule has 0 amide bonds. The van der Waals surface area contributed by atoms with Crippen LogP contribution in [-0.4, -0.2) is 5.37 Å². The summed E-state index contributed by atoms with van der Waals surface area (Å²) in [5.74, 6) is 0. The monoisotopic (exact) mass is 626 g/mol. The lowest BCUT2D eigenvalue weighted by molar-refractivity contribution is 0.668. The molecule has 5 aromatic carbocycles. The van der Waals surface area contributed by atoms with Crippen molar-refractivity contribution in [1.82, 2.24) is 0 Å². The zero-order valence-corrected chi connectivity index (χ0v) is 27.9. The molecule has 0 radical (unpaired) electrons. The Morgan fingerprint density at radius 2 is 1.43 bits per heavy atom. The Morgan fingerprint density at radius 3 is 2.15 bits per heavy atom. The first kappa shape index (κ1) is 30.6. The second-order valence-electron chi connectivity index (χ2n) is 12.1. The number of hydrogen-bond donors (Lipinski definition) is 0. The lowest BCUT2D eigenvalue weighted by atomic mass is 9.82. The van der Waals surface area contributed by atoms with E-state index in [-0.39, 0.29) is 0 Å². The van der Waals surface area contributed by atoms with Crippen LogP contribution in [0.2, 0.25) is 0 Å². The minimum absolute atomic E-state index is 0.804. The topological polar surface area (TPSA) is 13.1 Å². The van der Waals surface area contributed by atoms with Crippen LogP contribution in [0, 0.1) is 6.92 Å². The molecule has 2 heteroatoms. The van der Waals surface area contributed by atoms with Gasteiger partial charge >= 0.3 is 0 Å². The molecule has 0 saturated heterocycles. The molecule has 0 fully saturated rings. The van der Waals surface area contributed by atoms with E-state index in [9.17, 15) is 0 Å². The van der Waals surface area contributed by atoms with Crippen molar-refractivity contribution in [2.75, 3.05) is 0 Å². The van der Waals surface area contributed by atoms with E-state index in [0.29, 0.717) is 0 Å². The third-order valence-corrected chi connectivity index (χ3v) is 9.54. The van der Waals surface area contributed by atoms with Gasteiger partial charge in [0.2, 0.25) is 0 Å². The van der Waals surface area contributed by atoms with E-state index in [0.717, 1.165) is 53.4 Å². The van der Waals surface area contributed by atoms with Gasteiger partial charge in [-0.25, -0.2) is 0 Å². The van der Waals surface area contributed by atoms with Crippen LogP contribution >= 0.6 is 12.2 Å². The fourth-order valence-corrected chi connectivity index (χ4v) is 7.38. The summed E-state index contributed by atoms with van der Waals surface area (Å²) in [6, 6.07) is 30.3. The van der Waals surface area contributed by atoms with Gasteiger partial charge in [-0.15, -0.1) is 0 Å². The average Bonchev–Trinajstić information content (AvgIpc) is 3.50. The van der Waals surface area contributed by atoms with Crippen LogP contribution < -0.4 is 10.4 Å². The predicted molar refractivity (Wildman–Crippen MR) is 207 cm³/mol. The first-order valence-electron chi connectivity index (χ1n) is 16.5. The van der Waals surface area contributed by atoms with Crippen molar-refractivity contribution in [1.29, 1.82) is 0 Å². The zero-order valence-electron chi connectivity index (χ0n) is 27.1. The summed E-state index contributed by atoms with van der Waals surface area (Å²) in [6.07, 6.45) is 19.2. The van der Waals surface area contributed by atoms with Crippen LogP contribution in [0.25, 0.3) is 73.5 Å². The van der Waals surface area contributed by atoms with E-state index in [1.807, 2.05) is 17.5 Å². The first-order chi connectivity index (χ1) is 23.1. The Bertz CT molecular complexity index is 2330. The van der Waals surface area contributed by atoms with Crippen molar-refractivity contribution in [2.45, 2.75) is 39.5 Å². The normalized spacial score (nSPS) is 12.8. The standard InChI is InChI=1S/C45H38OS/c1-4-6-9-18-34-30(3)23-28-41-44(34)45-38(21-14-22-40(45)46-41)43-36-20-13-12-19-35(36)42(37(17-7-5-2)39(43)29-47)33-26-24-32(25-27-33)31-15-10-8-11-16-31/h4,6-11,14-17,19-29H,1,5,12-13,18H2,2-3H3/b9-6-,17-7-. The highest BCUT2D eigenvalue weighted by Crippen LogP contribution is 2.41. The van der Waals surface area contributed by atoms with E-state index in [1.54, 1.807) is 0 Å². The molecule has 0 saturated carbocycles. The fourth-order valence-electron chi connectivity index (χ4n) is 7.14. The molecule has 230 valence electrons. The predicted octanol–water partition coefficient (Wildman–Crippen LogP) is 11.3. The summed E-state index contributed by atoms with van der Waals surface area (Å²) >= 11 is 5.93. The van der Waals surface area contributed by atoms with Gasteiger partial charge in [-0.3, -0.25) is 0 Å². The number of thiocarbonyl (C=S) groups is 1. The average molecular weight is 627 g/mol. The van der Waals surface area contributed by atoms with Crippen LogP contribution in [0.1, 0.15) is 48.4 Å². The molecule has 0 aliphatic heterocycles. The maximum Gasteiger partial charge on any atom is 0.136 e. The van der Waals surface area contributed by atoms with Gasteiger partial charge in [0.15, 0.2) is 0 Å². The lowest BCUT2D eigenvalue weighted by Crippen LogP contribution is -2.33. The quantitative estimate of drug-likeness (QED) is 0.117. The Morgan fingerprint density at radius 1 is 0.723 bits per heavy atom. The zero-order chi connectivity index (χ0) is 32.3. The van der Waals surface area contributed by atoms with Crippen LogP contribution in [0.4, 0.5) is 0 Å². The van der Waals surface area contributed by atoms with E-state index in [1.165, 1.54) is 60.3 Å². The van der Waals surface area contributed by atoms with E-state index in [2.05, 4.69) is 136 Å². The molecule has 1 aliphatic carbocycles. The van der Waals surface area contributed by atoms with Crippen molar-refractivity contribution >= 4 is 57.8 Å². The third kappa shape index (κ3) is 5.53. The van der Waals surface area contributed by atoms with Gasteiger partial charge in [-0.2, -0.15) is 0 Å². The number of fused-ring (bicyclic) bond motifs is 4. The maximum absolute atomic E-state index is 6.56. The summed E-state index contributed by atoms with van der Waals surface area (Å²) in [6.45, 7) is 8.25. The second kappa shape index (κ2) is 13.4. The van der Waals surface area contributed by atoms with E-state index >= 15 is 0 Å². The van der Waals surface area contributed by atoms with Crippen molar-refractivity contribution in [3.8, 4) is 33.4 Å². The molecule has 0 unspecified atom stereocenters. The molecule has 1 heterocycles. The van der Waals surface area contributed by atoms with Gasteiger partial charge in [-0.05, 0) is 105 Å². The number of hydrogen-bond acceptors (Lipinski definition) is 2.